The second-order valence-electron chi connectivity index (χ2n) is 8.93. The van der Waals surface area contributed by atoms with Gasteiger partial charge in [0.2, 0.25) is 11.8 Å². The van der Waals surface area contributed by atoms with Crippen molar-refractivity contribution in [2.24, 2.45) is 22.4 Å². The van der Waals surface area contributed by atoms with Crippen molar-refractivity contribution in [1.82, 2.24) is 5.32 Å². The van der Waals surface area contributed by atoms with Crippen LogP contribution in [-0.4, -0.2) is 48.5 Å². The monoisotopic (exact) mass is 505 g/mol. The second kappa shape index (κ2) is 18.0. The third kappa shape index (κ3) is 13.6. The van der Waals surface area contributed by atoms with Gasteiger partial charge < -0.3 is 31.9 Å². The molecule has 2 atom stereocenters. The van der Waals surface area contributed by atoms with Crippen molar-refractivity contribution in [2.75, 3.05) is 19.0 Å². The summed E-state index contributed by atoms with van der Waals surface area (Å²) in [5.41, 5.74) is 11.3. The number of carboxylic acid groups (broad SMARTS) is 1. The first-order chi connectivity index (χ1) is 17.3. The molecular weight excluding hydrogens is 462 g/mol. The number of nitrogens with zero attached hydrogens (tertiary/aromatic N) is 1. The number of carbonyl (C=O) groups is 3. The van der Waals surface area contributed by atoms with Crippen LogP contribution in [0.5, 0.6) is 5.75 Å². The molecule has 0 aliphatic rings. The van der Waals surface area contributed by atoms with E-state index in [-0.39, 0.29) is 12.4 Å². The standard InChI is InChI=1S/C26H43N5O5/c1-3-4-5-6-7-8-9-11-19(18-23(32)33)24(34)31-22(12-10-17-29-26(27)28)25(35)30-20-13-15-21(36-2)16-14-20/h13-16,19,22H,3-12,17-18H2,1-2H3,(H,30,35)(H,31,34)(H,32,33)(H4,27,28,29)/t19-,22+/m0/s1. The van der Waals surface area contributed by atoms with Gasteiger partial charge in [-0.1, -0.05) is 51.9 Å². The lowest BCUT2D eigenvalue weighted by Gasteiger charge is -2.22. The van der Waals surface area contributed by atoms with Crippen molar-refractivity contribution in [3.05, 3.63) is 24.3 Å². The number of aliphatic imine (C=N–C) groups is 1. The van der Waals surface area contributed by atoms with Gasteiger partial charge in [0.25, 0.3) is 0 Å². The Morgan fingerprint density at radius 1 is 0.944 bits per heavy atom. The summed E-state index contributed by atoms with van der Waals surface area (Å²) in [7, 11) is 1.55. The van der Waals surface area contributed by atoms with E-state index in [0.717, 1.165) is 25.7 Å². The van der Waals surface area contributed by atoms with Crippen molar-refractivity contribution in [2.45, 2.75) is 83.6 Å². The first-order valence-electron chi connectivity index (χ1n) is 12.8. The number of guanidine groups is 1. The van der Waals surface area contributed by atoms with E-state index in [1.54, 1.807) is 31.4 Å². The zero-order valence-corrected chi connectivity index (χ0v) is 21.6. The highest BCUT2D eigenvalue weighted by Crippen LogP contribution is 2.18. The Kier molecular flexibility index (Phi) is 15.4. The van der Waals surface area contributed by atoms with Gasteiger partial charge in [-0.25, -0.2) is 0 Å². The van der Waals surface area contributed by atoms with Gasteiger partial charge in [0.15, 0.2) is 5.96 Å². The molecule has 36 heavy (non-hydrogen) atoms. The maximum absolute atomic E-state index is 13.0. The van der Waals surface area contributed by atoms with Gasteiger partial charge in [-0.15, -0.1) is 0 Å². The highest BCUT2D eigenvalue weighted by molar-refractivity contribution is 5.97. The predicted octanol–water partition coefficient (Wildman–Crippen LogP) is 3.40. The van der Waals surface area contributed by atoms with E-state index >= 15 is 0 Å². The van der Waals surface area contributed by atoms with E-state index < -0.39 is 29.7 Å². The minimum absolute atomic E-state index is 0.0468. The highest BCUT2D eigenvalue weighted by atomic mass is 16.5. The average molecular weight is 506 g/mol. The Bertz CT molecular complexity index is 825. The van der Waals surface area contributed by atoms with Gasteiger partial charge >= 0.3 is 5.97 Å². The summed E-state index contributed by atoms with van der Waals surface area (Å²) < 4.78 is 5.13. The fourth-order valence-corrected chi connectivity index (χ4v) is 3.85. The number of unbranched alkanes of at least 4 members (excludes halogenated alkanes) is 6. The Morgan fingerprint density at radius 2 is 1.58 bits per heavy atom. The van der Waals surface area contributed by atoms with Crippen LogP contribution in [0.15, 0.2) is 29.3 Å². The van der Waals surface area contributed by atoms with Crippen molar-refractivity contribution in [3.63, 3.8) is 0 Å². The van der Waals surface area contributed by atoms with Crippen LogP contribution in [0.3, 0.4) is 0 Å². The molecule has 202 valence electrons. The zero-order valence-electron chi connectivity index (χ0n) is 21.6. The van der Waals surface area contributed by atoms with E-state index in [0.29, 0.717) is 37.2 Å². The van der Waals surface area contributed by atoms with Crippen molar-refractivity contribution < 1.29 is 24.2 Å². The minimum Gasteiger partial charge on any atom is -0.497 e. The van der Waals surface area contributed by atoms with Crippen molar-refractivity contribution >= 4 is 29.4 Å². The van der Waals surface area contributed by atoms with Crippen LogP contribution in [0.1, 0.15) is 77.6 Å². The highest BCUT2D eigenvalue weighted by Gasteiger charge is 2.27. The second-order valence-corrected chi connectivity index (χ2v) is 8.93. The number of nitrogens with two attached hydrogens (primary N) is 2. The van der Waals surface area contributed by atoms with Gasteiger partial charge in [-0.05, 0) is 43.5 Å². The first-order valence-corrected chi connectivity index (χ1v) is 12.8. The Balaban J connectivity index is 2.79. The molecule has 0 radical (unpaired) electrons. The normalized spacial score (nSPS) is 12.3. The smallest absolute Gasteiger partial charge is 0.304 e. The molecule has 0 spiro atoms. The molecule has 0 aliphatic carbocycles. The van der Waals surface area contributed by atoms with E-state index in [1.165, 1.54) is 19.3 Å². The predicted molar refractivity (Wildman–Crippen MR) is 142 cm³/mol. The quantitative estimate of drug-likeness (QED) is 0.109. The Morgan fingerprint density at radius 3 is 2.17 bits per heavy atom. The number of carboxylic acids is 1. The Hall–Kier alpha value is -3.30. The molecular formula is C26H43N5O5. The fourth-order valence-electron chi connectivity index (χ4n) is 3.85. The number of hydrogen-bond donors (Lipinski definition) is 5. The summed E-state index contributed by atoms with van der Waals surface area (Å²) in [4.78, 5) is 41.4. The van der Waals surface area contributed by atoms with Gasteiger partial charge in [0, 0.05) is 18.2 Å². The lowest BCUT2D eigenvalue weighted by atomic mass is 9.95. The van der Waals surface area contributed by atoms with E-state index in [9.17, 15) is 19.5 Å². The number of hydrogen-bond acceptors (Lipinski definition) is 5. The number of ether oxygens (including phenoxy) is 1. The molecule has 10 heteroatoms. The molecule has 0 fully saturated rings. The van der Waals surface area contributed by atoms with Crippen molar-refractivity contribution in [3.8, 4) is 5.75 Å². The summed E-state index contributed by atoms with van der Waals surface area (Å²) in [6, 6.07) is 5.96. The molecule has 1 rings (SSSR count). The van der Waals surface area contributed by atoms with Gasteiger partial charge in [-0.3, -0.25) is 19.4 Å². The van der Waals surface area contributed by atoms with Crippen LogP contribution in [0.2, 0.25) is 0 Å². The lowest BCUT2D eigenvalue weighted by molar-refractivity contribution is -0.141. The van der Waals surface area contributed by atoms with Crippen molar-refractivity contribution in [1.29, 1.82) is 0 Å². The molecule has 1 aromatic rings. The topological polar surface area (TPSA) is 169 Å². The third-order valence-corrected chi connectivity index (χ3v) is 5.88. The summed E-state index contributed by atoms with van der Waals surface area (Å²) in [6.45, 7) is 2.47. The number of rotatable bonds is 19. The summed E-state index contributed by atoms with van der Waals surface area (Å²) >= 11 is 0. The molecule has 7 N–H and O–H groups in total. The molecule has 2 amide bonds. The van der Waals surface area contributed by atoms with E-state index in [4.69, 9.17) is 16.2 Å². The zero-order chi connectivity index (χ0) is 26.8. The number of methoxy groups -OCH3 is 1. The van der Waals surface area contributed by atoms with Crippen LogP contribution in [0.4, 0.5) is 5.69 Å². The summed E-state index contributed by atoms with van der Waals surface area (Å²) in [6.07, 6.45) is 8.47. The fraction of sp³-hybridized carbons (Fsp3) is 0.615. The third-order valence-electron chi connectivity index (χ3n) is 5.88. The molecule has 10 nitrogen and oxygen atoms in total. The maximum Gasteiger partial charge on any atom is 0.304 e. The number of nitrogens with one attached hydrogen (secondary N) is 2. The molecule has 0 saturated carbocycles. The van der Waals surface area contributed by atoms with Gasteiger partial charge in [0.1, 0.15) is 11.8 Å². The van der Waals surface area contributed by atoms with E-state index in [1.807, 2.05) is 0 Å². The molecule has 0 aromatic heterocycles. The van der Waals surface area contributed by atoms with Crippen LogP contribution in [-0.2, 0) is 14.4 Å². The number of anilines is 1. The molecule has 0 heterocycles. The average Bonchev–Trinajstić information content (AvgIpc) is 2.84. The number of amides is 2. The first kappa shape index (κ1) is 30.7. The molecule has 0 saturated heterocycles. The molecule has 0 unspecified atom stereocenters. The van der Waals surface area contributed by atoms with Gasteiger partial charge in [0.05, 0.1) is 13.5 Å². The van der Waals surface area contributed by atoms with E-state index in [2.05, 4.69) is 22.5 Å². The molecule has 0 aliphatic heterocycles. The van der Waals surface area contributed by atoms with Gasteiger partial charge in [-0.2, -0.15) is 0 Å². The molecule has 0 bridgehead atoms. The largest absolute Gasteiger partial charge is 0.497 e. The number of carbonyl (C=O) groups excluding carboxylic acids is 2. The van der Waals surface area contributed by atoms with Crippen LogP contribution >= 0.6 is 0 Å². The summed E-state index contributed by atoms with van der Waals surface area (Å²) in [5.74, 6) is -1.97. The lowest BCUT2D eigenvalue weighted by Crippen LogP contribution is -2.46. The van der Waals surface area contributed by atoms with Crippen LogP contribution in [0.25, 0.3) is 0 Å². The van der Waals surface area contributed by atoms with Crippen LogP contribution in [0, 0.1) is 5.92 Å². The minimum atomic E-state index is -1.04. The number of aliphatic carboxylic acids is 1. The van der Waals surface area contributed by atoms with Crippen LogP contribution < -0.4 is 26.8 Å². The SMILES string of the molecule is CCCCCCCCC[C@@H](CC(=O)O)C(=O)N[C@H](CCCN=C(N)N)C(=O)Nc1ccc(OC)cc1. The maximum atomic E-state index is 13.0. The number of benzene rings is 1. The summed E-state index contributed by atoms with van der Waals surface area (Å²) in [5, 5.41) is 14.9. The Labute approximate surface area is 214 Å². The molecule has 1 aromatic carbocycles.